The molecular formula is C21H30N2O. The van der Waals surface area contributed by atoms with Crippen LogP contribution in [0.1, 0.15) is 49.7 Å². The molecule has 130 valence electrons. The molecule has 24 heavy (non-hydrogen) atoms. The number of carbonyl (C=O) groups is 1. The smallest absolute Gasteiger partial charge is 0.225 e. The van der Waals surface area contributed by atoms with Gasteiger partial charge < -0.3 is 4.90 Å². The van der Waals surface area contributed by atoms with Gasteiger partial charge in [-0.05, 0) is 69.5 Å². The number of nitrogens with zero attached hydrogens (tertiary/aromatic N) is 2. The maximum atomic E-state index is 12.2. The zero-order valence-electron chi connectivity index (χ0n) is 15.0. The van der Waals surface area contributed by atoms with Crippen molar-refractivity contribution in [2.24, 2.45) is 11.3 Å². The molecule has 0 aromatic heterocycles. The number of piperidine rings is 2. The minimum Gasteiger partial charge on any atom is -0.342 e. The molecule has 0 bridgehead atoms. The number of benzene rings is 1. The molecule has 3 nitrogen and oxygen atoms in total. The molecule has 1 saturated carbocycles. The summed E-state index contributed by atoms with van der Waals surface area (Å²) in [6.45, 7) is 7.67. The molecule has 1 spiro atoms. The lowest BCUT2D eigenvalue weighted by Gasteiger charge is -2.47. The van der Waals surface area contributed by atoms with Crippen molar-refractivity contribution in [3.63, 3.8) is 0 Å². The number of hydrogen-bond acceptors (Lipinski definition) is 2. The highest BCUT2D eigenvalue weighted by molar-refractivity contribution is 5.81. The van der Waals surface area contributed by atoms with Gasteiger partial charge in [0.05, 0.1) is 0 Å². The van der Waals surface area contributed by atoms with E-state index in [1.54, 1.807) is 0 Å². The molecule has 3 fully saturated rings. The first-order chi connectivity index (χ1) is 11.6. The van der Waals surface area contributed by atoms with Crippen LogP contribution >= 0.6 is 0 Å². The van der Waals surface area contributed by atoms with E-state index in [9.17, 15) is 4.79 Å². The molecule has 0 N–H and O–H groups in total. The Bertz CT molecular complexity index is 572. The summed E-state index contributed by atoms with van der Waals surface area (Å²) < 4.78 is 0. The second-order valence-corrected chi connectivity index (χ2v) is 8.36. The van der Waals surface area contributed by atoms with Gasteiger partial charge in [-0.1, -0.05) is 29.8 Å². The number of amides is 1. The topological polar surface area (TPSA) is 23.6 Å². The van der Waals surface area contributed by atoms with Gasteiger partial charge in [0.1, 0.15) is 0 Å². The third kappa shape index (κ3) is 3.51. The molecule has 4 rings (SSSR count). The van der Waals surface area contributed by atoms with E-state index in [2.05, 4.69) is 41.0 Å². The molecule has 1 aliphatic carbocycles. The monoisotopic (exact) mass is 326 g/mol. The second-order valence-electron chi connectivity index (χ2n) is 8.36. The van der Waals surface area contributed by atoms with Crippen molar-refractivity contribution in [2.45, 2.75) is 52.0 Å². The molecule has 2 heterocycles. The Labute approximate surface area is 146 Å². The first-order valence-corrected chi connectivity index (χ1v) is 9.70. The van der Waals surface area contributed by atoms with Gasteiger partial charge in [0.15, 0.2) is 0 Å². The molecule has 1 aromatic rings. The quantitative estimate of drug-likeness (QED) is 0.847. The second kappa shape index (κ2) is 6.51. The van der Waals surface area contributed by atoms with Gasteiger partial charge >= 0.3 is 0 Å². The highest BCUT2D eigenvalue weighted by Gasteiger charge is 2.41. The van der Waals surface area contributed by atoms with E-state index in [1.807, 2.05) is 0 Å². The van der Waals surface area contributed by atoms with Crippen LogP contribution in [0.25, 0.3) is 0 Å². The molecule has 2 aliphatic heterocycles. The van der Waals surface area contributed by atoms with Crippen molar-refractivity contribution in [1.82, 2.24) is 9.80 Å². The maximum absolute atomic E-state index is 12.2. The summed E-state index contributed by atoms with van der Waals surface area (Å²) in [5.74, 6) is 0.831. The fraction of sp³-hybridized carbons (Fsp3) is 0.667. The summed E-state index contributed by atoms with van der Waals surface area (Å²) >= 11 is 0. The van der Waals surface area contributed by atoms with Crippen molar-refractivity contribution < 1.29 is 4.79 Å². The molecule has 3 heteroatoms. The van der Waals surface area contributed by atoms with Gasteiger partial charge in [-0.25, -0.2) is 0 Å². The zero-order chi connectivity index (χ0) is 16.6. The SMILES string of the molecule is Cc1ccc(CN2CCC3(CC2)CCN(C(=O)C2CC2)CC3)cc1. The van der Waals surface area contributed by atoms with Gasteiger partial charge in [0.25, 0.3) is 0 Å². The van der Waals surface area contributed by atoms with Crippen LogP contribution in [0.2, 0.25) is 0 Å². The molecule has 2 saturated heterocycles. The van der Waals surface area contributed by atoms with Crippen LogP contribution < -0.4 is 0 Å². The minimum absolute atomic E-state index is 0.385. The Morgan fingerprint density at radius 2 is 1.58 bits per heavy atom. The van der Waals surface area contributed by atoms with Crippen molar-refractivity contribution in [1.29, 1.82) is 0 Å². The summed E-state index contributed by atoms with van der Waals surface area (Å²) in [5, 5.41) is 0. The average Bonchev–Trinajstić information content (AvgIpc) is 3.44. The van der Waals surface area contributed by atoms with Crippen LogP contribution in [0, 0.1) is 18.3 Å². The molecule has 1 aromatic carbocycles. The molecule has 1 amide bonds. The highest BCUT2D eigenvalue weighted by Crippen LogP contribution is 2.42. The standard InChI is InChI=1S/C21H30N2O/c1-17-2-4-18(5-3-17)16-22-12-8-21(9-13-22)10-14-23(15-11-21)20(24)19-6-7-19/h2-5,19H,6-16H2,1H3. The normalized spacial score (nSPS) is 24.3. The van der Waals surface area contributed by atoms with Gasteiger partial charge in [0.2, 0.25) is 5.91 Å². The van der Waals surface area contributed by atoms with Crippen molar-refractivity contribution in [2.75, 3.05) is 26.2 Å². The fourth-order valence-corrected chi connectivity index (χ4v) is 4.43. The maximum Gasteiger partial charge on any atom is 0.225 e. The predicted octanol–water partition coefficient (Wildman–Crippen LogP) is 3.61. The van der Waals surface area contributed by atoms with E-state index in [0.717, 1.165) is 32.5 Å². The van der Waals surface area contributed by atoms with E-state index in [1.165, 1.54) is 49.9 Å². The van der Waals surface area contributed by atoms with E-state index >= 15 is 0 Å². The van der Waals surface area contributed by atoms with Crippen LogP contribution in [-0.2, 0) is 11.3 Å². The summed E-state index contributed by atoms with van der Waals surface area (Å²) in [6.07, 6.45) is 7.34. The van der Waals surface area contributed by atoms with E-state index in [0.29, 0.717) is 17.2 Å². The number of rotatable bonds is 3. The van der Waals surface area contributed by atoms with Crippen molar-refractivity contribution in [3.05, 3.63) is 35.4 Å². The Morgan fingerprint density at radius 1 is 1.00 bits per heavy atom. The average molecular weight is 326 g/mol. The predicted molar refractivity (Wildman–Crippen MR) is 96.7 cm³/mol. The molecule has 0 unspecified atom stereocenters. The Hall–Kier alpha value is -1.35. The van der Waals surface area contributed by atoms with Gasteiger partial charge in [-0.3, -0.25) is 9.69 Å². The van der Waals surface area contributed by atoms with Crippen molar-refractivity contribution >= 4 is 5.91 Å². The van der Waals surface area contributed by atoms with E-state index in [4.69, 9.17) is 0 Å². The van der Waals surface area contributed by atoms with Gasteiger partial charge in [-0.15, -0.1) is 0 Å². The number of carbonyl (C=O) groups excluding carboxylic acids is 1. The van der Waals surface area contributed by atoms with Crippen LogP contribution in [0.4, 0.5) is 0 Å². The zero-order valence-corrected chi connectivity index (χ0v) is 15.0. The number of hydrogen-bond donors (Lipinski definition) is 0. The van der Waals surface area contributed by atoms with Gasteiger partial charge in [-0.2, -0.15) is 0 Å². The summed E-state index contributed by atoms with van der Waals surface area (Å²) in [6, 6.07) is 8.96. The Kier molecular flexibility index (Phi) is 4.38. The Balaban J connectivity index is 1.27. The third-order valence-corrected chi connectivity index (χ3v) is 6.51. The lowest BCUT2D eigenvalue weighted by molar-refractivity contribution is -0.135. The van der Waals surface area contributed by atoms with E-state index in [-0.39, 0.29) is 0 Å². The lowest BCUT2D eigenvalue weighted by Crippen LogP contribution is -2.48. The van der Waals surface area contributed by atoms with Crippen LogP contribution in [0.3, 0.4) is 0 Å². The molecule has 0 atom stereocenters. The first kappa shape index (κ1) is 16.1. The first-order valence-electron chi connectivity index (χ1n) is 9.70. The fourth-order valence-electron chi connectivity index (χ4n) is 4.43. The van der Waals surface area contributed by atoms with Crippen LogP contribution in [0.15, 0.2) is 24.3 Å². The number of aryl methyl sites for hydroxylation is 1. The Morgan fingerprint density at radius 3 is 2.17 bits per heavy atom. The summed E-state index contributed by atoms with van der Waals surface area (Å²) in [4.78, 5) is 17.0. The van der Waals surface area contributed by atoms with E-state index < -0.39 is 0 Å². The van der Waals surface area contributed by atoms with Crippen LogP contribution in [-0.4, -0.2) is 41.9 Å². The molecular weight excluding hydrogens is 296 g/mol. The van der Waals surface area contributed by atoms with Crippen molar-refractivity contribution in [3.8, 4) is 0 Å². The van der Waals surface area contributed by atoms with Crippen LogP contribution in [0.5, 0.6) is 0 Å². The lowest BCUT2D eigenvalue weighted by atomic mass is 9.71. The molecule has 0 radical (unpaired) electrons. The molecule has 3 aliphatic rings. The minimum atomic E-state index is 0.385. The largest absolute Gasteiger partial charge is 0.342 e. The van der Waals surface area contributed by atoms with Gasteiger partial charge in [0, 0.05) is 25.6 Å². The summed E-state index contributed by atoms with van der Waals surface area (Å²) in [7, 11) is 0. The third-order valence-electron chi connectivity index (χ3n) is 6.51. The number of likely N-dealkylation sites (tertiary alicyclic amines) is 2. The highest BCUT2D eigenvalue weighted by atomic mass is 16.2. The summed E-state index contributed by atoms with van der Waals surface area (Å²) in [5.41, 5.74) is 3.29.